The SMILES string of the molecule is NC(=O)O[C@H](CC=O)CSc1ccccc1. The Kier molecular flexibility index (Phi) is 5.42. The standard InChI is InChI=1S/C11H13NO3S/c12-11(14)15-9(6-7-13)8-16-10-4-2-1-3-5-10/h1-5,7,9H,6,8H2,(H2,12,14)/t9-/m1/s1. The number of carbonyl (C=O) groups is 2. The Morgan fingerprint density at radius 1 is 1.44 bits per heavy atom. The number of carbonyl (C=O) groups excluding carboxylic acids is 2. The Morgan fingerprint density at radius 3 is 2.69 bits per heavy atom. The van der Waals surface area contributed by atoms with Crippen LogP contribution in [-0.2, 0) is 9.53 Å². The van der Waals surface area contributed by atoms with Gasteiger partial charge in [-0.15, -0.1) is 11.8 Å². The van der Waals surface area contributed by atoms with Gasteiger partial charge in [0.25, 0.3) is 0 Å². The number of hydrogen-bond donors (Lipinski definition) is 1. The number of amides is 1. The molecule has 0 bridgehead atoms. The second-order valence-electron chi connectivity index (χ2n) is 3.09. The molecule has 4 nitrogen and oxygen atoms in total. The second kappa shape index (κ2) is 6.90. The van der Waals surface area contributed by atoms with Crippen molar-refractivity contribution >= 4 is 24.1 Å². The van der Waals surface area contributed by atoms with Crippen molar-refractivity contribution < 1.29 is 14.3 Å². The number of rotatable bonds is 6. The molecule has 0 aliphatic carbocycles. The molecule has 0 spiro atoms. The van der Waals surface area contributed by atoms with Crippen molar-refractivity contribution in [3.8, 4) is 0 Å². The molecular formula is C11H13NO3S. The molecule has 1 aromatic rings. The Hall–Kier alpha value is -1.49. The van der Waals surface area contributed by atoms with Gasteiger partial charge >= 0.3 is 6.09 Å². The maximum atomic E-state index is 10.6. The highest BCUT2D eigenvalue weighted by atomic mass is 32.2. The molecule has 0 fully saturated rings. The first kappa shape index (κ1) is 12.6. The highest BCUT2D eigenvalue weighted by molar-refractivity contribution is 7.99. The van der Waals surface area contributed by atoms with Crippen LogP contribution >= 0.6 is 11.8 Å². The van der Waals surface area contributed by atoms with E-state index in [4.69, 9.17) is 10.5 Å². The van der Waals surface area contributed by atoms with E-state index >= 15 is 0 Å². The fourth-order valence-corrected chi connectivity index (χ4v) is 2.06. The minimum absolute atomic E-state index is 0.169. The number of benzene rings is 1. The minimum Gasteiger partial charge on any atom is -0.445 e. The fraction of sp³-hybridized carbons (Fsp3) is 0.273. The van der Waals surface area contributed by atoms with Gasteiger partial charge in [0, 0.05) is 17.1 Å². The van der Waals surface area contributed by atoms with Gasteiger partial charge in [-0.25, -0.2) is 4.79 Å². The maximum Gasteiger partial charge on any atom is 0.404 e. The molecule has 0 aromatic heterocycles. The smallest absolute Gasteiger partial charge is 0.404 e. The van der Waals surface area contributed by atoms with E-state index in [2.05, 4.69) is 0 Å². The summed E-state index contributed by atoms with van der Waals surface area (Å²) in [7, 11) is 0. The first-order valence-corrected chi connectivity index (χ1v) is 5.78. The lowest BCUT2D eigenvalue weighted by Gasteiger charge is -2.13. The summed E-state index contributed by atoms with van der Waals surface area (Å²) in [6.45, 7) is 0. The Balaban J connectivity index is 2.43. The topological polar surface area (TPSA) is 69.4 Å². The largest absolute Gasteiger partial charge is 0.445 e. The molecule has 1 amide bonds. The maximum absolute atomic E-state index is 10.6. The lowest BCUT2D eigenvalue weighted by molar-refractivity contribution is -0.109. The van der Waals surface area contributed by atoms with E-state index in [0.717, 1.165) is 11.2 Å². The van der Waals surface area contributed by atoms with Crippen LogP contribution in [0.1, 0.15) is 6.42 Å². The van der Waals surface area contributed by atoms with Crippen molar-refractivity contribution in [2.45, 2.75) is 17.4 Å². The number of ether oxygens (including phenoxy) is 1. The van der Waals surface area contributed by atoms with Crippen LogP contribution in [0.2, 0.25) is 0 Å². The van der Waals surface area contributed by atoms with Crippen molar-refractivity contribution in [2.24, 2.45) is 5.73 Å². The molecule has 0 saturated carbocycles. The predicted molar refractivity (Wildman–Crippen MR) is 62.3 cm³/mol. The summed E-state index contributed by atoms with van der Waals surface area (Å²) in [6, 6.07) is 9.67. The molecule has 1 atom stereocenters. The van der Waals surface area contributed by atoms with Crippen molar-refractivity contribution in [1.82, 2.24) is 0 Å². The van der Waals surface area contributed by atoms with Gasteiger partial charge in [0.1, 0.15) is 12.4 Å². The normalized spacial score (nSPS) is 11.8. The van der Waals surface area contributed by atoms with E-state index in [0.29, 0.717) is 5.75 Å². The second-order valence-corrected chi connectivity index (χ2v) is 4.18. The lowest BCUT2D eigenvalue weighted by Crippen LogP contribution is -2.25. The van der Waals surface area contributed by atoms with Crippen molar-refractivity contribution in [1.29, 1.82) is 0 Å². The van der Waals surface area contributed by atoms with Crippen LogP contribution < -0.4 is 5.73 Å². The van der Waals surface area contributed by atoms with Crippen LogP contribution in [0.15, 0.2) is 35.2 Å². The van der Waals surface area contributed by atoms with Crippen LogP contribution in [0, 0.1) is 0 Å². The molecule has 0 heterocycles. The molecule has 0 aliphatic heterocycles. The molecule has 5 heteroatoms. The number of nitrogens with two attached hydrogens (primary N) is 1. The summed E-state index contributed by atoms with van der Waals surface area (Å²) in [6.07, 6.45) is -0.414. The summed E-state index contributed by atoms with van der Waals surface area (Å²) in [5.41, 5.74) is 4.91. The summed E-state index contributed by atoms with van der Waals surface area (Å²) in [5.74, 6) is 0.520. The number of thioether (sulfide) groups is 1. The molecule has 0 saturated heterocycles. The van der Waals surface area contributed by atoms with Gasteiger partial charge in [-0.3, -0.25) is 0 Å². The molecule has 0 radical (unpaired) electrons. The van der Waals surface area contributed by atoms with Gasteiger partial charge in [-0.1, -0.05) is 18.2 Å². The zero-order valence-electron chi connectivity index (χ0n) is 8.67. The van der Waals surface area contributed by atoms with Crippen LogP contribution in [0.3, 0.4) is 0 Å². The van der Waals surface area contributed by atoms with Crippen LogP contribution in [-0.4, -0.2) is 24.2 Å². The Bertz CT molecular complexity index is 342. The van der Waals surface area contributed by atoms with Gasteiger partial charge in [0.15, 0.2) is 0 Å². The Morgan fingerprint density at radius 2 is 2.12 bits per heavy atom. The first-order valence-electron chi connectivity index (χ1n) is 4.80. The summed E-state index contributed by atoms with van der Waals surface area (Å²) in [4.78, 5) is 22.0. The molecule has 1 rings (SSSR count). The zero-order chi connectivity index (χ0) is 11.8. The van der Waals surface area contributed by atoms with Gasteiger partial charge in [0.2, 0.25) is 0 Å². The van der Waals surface area contributed by atoms with Crippen molar-refractivity contribution in [2.75, 3.05) is 5.75 Å². The molecule has 2 N–H and O–H groups in total. The van der Waals surface area contributed by atoms with E-state index in [9.17, 15) is 9.59 Å². The van der Waals surface area contributed by atoms with Crippen LogP contribution in [0.4, 0.5) is 4.79 Å². The minimum atomic E-state index is -0.847. The third kappa shape index (κ3) is 4.84. The van der Waals surface area contributed by atoms with Gasteiger partial charge in [-0.05, 0) is 12.1 Å². The van der Waals surface area contributed by atoms with E-state index < -0.39 is 12.2 Å². The summed E-state index contributed by atoms with van der Waals surface area (Å²) in [5, 5.41) is 0. The van der Waals surface area contributed by atoms with Gasteiger partial charge in [0.05, 0.1) is 0 Å². The fourth-order valence-electron chi connectivity index (χ4n) is 1.13. The van der Waals surface area contributed by atoms with E-state index in [1.807, 2.05) is 30.3 Å². The van der Waals surface area contributed by atoms with E-state index in [1.165, 1.54) is 11.8 Å². The third-order valence-electron chi connectivity index (χ3n) is 1.82. The number of primary amides is 1. The quantitative estimate of drug-likeness (QED) is 0.607. The van der Waals surface area contributed by atoms with Gasteiger partial charge < -0.3 is 15.3 Å². The molecule has 16 heavy (non-hydrogen) atoms. The molecule has 0 aliphatic rings. The van der Waals surface area contributed by atoms with Crippen molar-refractivity contribution in [3.63, 3.8) is 0 Å². The monoisotopic (exact) mass is 239 g/mol. The lowest BCUT2D eigenvalue weighted by atomic mass is 10.3. The van der Waals surface area contributed by atoms with Crippen LogP contribution in [0.5, 0.6) is 0 Å². The average Bonchev–Trinajstić information content (AvgIpc) is 2.27. The molecule has 86 valence electrons. The summed E-state index contributed by atoms with van der Waals surface area (Å²) < 4.78 is 4.80. The van der Waals surface area contributed by atoms with Crippen LogP contribution in [0.25, 0.3) is 0 Å². The molecule has 0 unspecified atom stereocenters. The Labute approximate surface area is 98.2 Å². The third-order valence-corrected chi connectivity index (χ3v) is 2.96. The summed E-state index contributed by atoms with van der Waals surface area (Å²) >= 11 is 1.52. The van der Waals surface area contributed by atoms with Crippen molar-refractivity contribution in [3.05, 3.63) is 30.3 Å². The highest BCUT2D eigenvalue weighted by Gasteiger charge is 2.12. The van der Waals surface area contributed by atoms with Gasteiger partial charge in [-0.2, -0.15) is 0 Å². The van der Waals surface area contributed by atoms with E-state index in [-0.39, 0.29) is 6.42 Å². The number of hydrogen-bond acceptors (Lipinski definition) is 4. The average molecular weight is 239 g/mol. The number of aldehydes is 1. The molecular weight excluding hydrogens is 226 g/mol. The van der Waals surface area contributed by atoms with E-state index in [1.54, 1.807) is 0 Å². The zero-order valence-corrected chi connectivity index (χ0v) is 9.48. The highest BCUT2D eigenvalue weighted by Crippen LogP contribution is 2.19. The predicted octanol–water partition coefficient (Wildman–Crippen LogP) is 1.83. The molecule has 1 aromatic carbocycles. The first-order chi connectivity index (χ1) is 7.72.